The number of aliphatic hydroxyl groups is 2. The average molecular weight is 635 g/mol. The molecule has 0 radical (unpaired) electrons. The number of ether oxygens (including phenoxy) is 4. The molecule has 0 aliphatic carbocycles. The minimum Gasteiger partial charge on any atom is -0.462 e. The fraction of sp³-hybridized carbons (Fsp3) is 0.520. The van der Waals surface area contributed by atoms with Gasteiger partial charge in [0.15, 0.2) is 6.10 Å². The third-order valence-corrected chi connectivity index (χ3v) is 7.70. The maximum Gasteiger partial charge on any atom is 0.413 e. The Hall–Kier alpha value is -3.47. The molecule has 1 amide bonds. The smallest absolute Gasteiger partial charge is 0.413 e. The number of aromatic nitrogens is 2. The average Bonchev–Trinajstić information content (AvgIpc) is 3.15. The number of carbonyl (C=O) groups is 2. The molecule has 15 nitrogen and oxygen atoms in total. The SMILES string of the molecule is COCP(=O)(NC(C)C(=O)OC(C)C)Oc1ccc(COC(=O)Nc2ccn([C@@H]3O[C@H](CO)[C@@H](O)C3(F)F)c(=O)n2)cc1. The molecule has 5 atom stereocenters. The molecule has 3 rings (SSSR count). The van der Waals surface area contributed by atoms with Crippen LogP contribution in [0.4, 0.5) is 19.4 Å². The highest BCUT2D eigenvalue weighted by Gasteiger charge is 2.59. The van der Waals surface area contributed by atoms with E-state index in [2.05, 4.69) is 15.4 Å². The Labute approximate surface area is 244 Å². The molecule has 4 N–H and O–H groups in total. The number of carbonyl (C=O) groups excluding carboxylic acids is 2. The topological polar surface area (TPSA) is 197 Å². The van der Waals surface area contributed by atoms with Gasteiger partial charge in [0.25, 0.3) is 0 Å². The van der Waals surface area contributed by atoms with Crippen LogP contribution in [0.5, 0.6) is 5.75 Å². The molecule has 2 heterocycles. The number of methoxy groups -OCH3 is 1. The van der Waals surface area contributed by atoms with Gasteiger partial charge in [-0.25, -0.2) is 14.7 Å². The standard InChI is InChI=1S/C25H33F2N4O11P/c1-14(2)40-21(34)15(3)30-43(37,13-38-4)42-17-7-5-16(6-8-17)12-39-24(36)29-19-9-10-31(23(35)28-19)22-25(26,27)20(33)18(11-32)41-22/h5-10,14-15,18,20,22,32-33H,11-13H2,1-4H3,(H,30,37)(H,28,29,35,36)/t15?,18-,20-,22-,43?/m1/s1. The summed E-state index contributed by atoms with van der Waals surface area (Å²) in [4.78, 5) is 40.1. The number of anilines is 1. The Kier molecular flexibility index (Phi) is 11.3. The fourth-order valence-corrected chi connectivity index (χ4v) is 5.51. The molecule has 43 heavy (non-hydrogen) atoms. The molecular formula is C25H33F2N4O11P. The molecule has 1 fully saturated rings. The Balaban J connectivity index is 1.56. The maximum absolute atomic E-state index is 14.3. The molecule has 2 aromatic rings. The van der Waals surface area contributed by atoms with Gasteiger partial charge >= 0.3 is 31.2 Å². The number of hydrogen-bond donors (Lipinski definition) is 4. The maximum atomic E-state index is 14.3. The fourth-order valence-electron chi connectivity index (χ4n) is 3.83. The van der Waals surface area contributed by atoms with Crippen molar-refractivity contribution in [2.45, 2.75) is 63.9 Å². The highest BCUT2D eigenvalue weighted by molar-refractivity contribution is 7.57. The van der Waals surface area contributed by atoms with Crippen LogP contribution in [0.2, 0.25) is 0 Å². The summed E-state index contributed by atoms with van der Waals surface area (Å²) in [6.07, 6.45) is -6.97. The molecule has 1 aromatic heterocycles. The van der Waals surface area contributed by atoms with E-state index in [1.807, 2.05) is 0 Å². The molecule has 1 aromatic carbocycles. The van der Waals surface area contributed by atoms with E-state index < -0.39 is 62.3 Å². The summed E-state index contributed by atoms with van der Waals surface area (Å²) >= 11 is 0. The number of hydrogen-bond acceptors (Lipinski definition) is 12. The summed E-state index contributed by atoms with van der Waals surface area (Å²) in [7, 11) is -2.36. The summed E-state index contributed by atoms with van der Waals surface area (Å²) < 4.78 is 68.0. The lowest BCUT2D eigenvalue weighted by molar-refractivity contribution is -0.149. The van der Waals surface area contributed by atoms with Crippen molar-refractivity contribution in [2.75, 3.05) is 25.4 Å². The highest BCUT2D eigenvalue weighted by Crippen LogP contribution is 2.44. The monoisotopic (exact) mass is 634 g/mol. The summed E-state index contributed by atoms with van der Waals surface area (Å²) in [5, 5.41) is 23.6. The van der Waals surface area contributed by atoms with Crippen LogP contribution >= 0.6 is 7.52 Å². The lowest BCUT2D eigenvalue weighted by Crippen LogP contribution is -2.41. The first-order chi connectivity index (χ1) is 20.2. The second-order valence-corrected chi connectivity index (χ2v) is 11.7. The van der Waals surface area contributed by atoms with Gasteiger partial charge in [0.1, 0.15) is 36.7 Å². The second kappa shape index (κ2) is 14.3. The minimum absolute atomic E-state index is 0.171. The molecule has 0 saturated carbocycles. The van der Waals surface area contributed by atoms with Crippen LogP contribution < -0.4 is 20.6 Å². The van der Waals surface area contributed by atoms with Gasteiger partial charge < -0.3 is 33.7 Å². The van der Waals surface area contributed by atoms with Gasteiger partial charge in [0.05, 0.1) is 12.7 Å². The van der Waals surface area contributed by atoms with Gasteiger partial charge in [-0.05, 0) is 44.5 Å². The number of alkyl halides is 2. The van der Waals surface area contributed by atoms with Gasteiger partial charge in [0, 0.05) is 13.3 Å². The largest absolute Gasteiger partial charge is 0.462 e. The predicted molar refractivity (Wildman–Crippen MR) is 145 cm³/mol. The molecule has 2 unspecified atom stereocenters. The molecule has 1 aliphatic rings. The van der Waals surface area contributed by atoms with Crippen LogP contribution in [0.3, 0.4) is 0 Å². The van der Waals surface area contributed by atoms with Crippen LogP contribution in [0.1, 0.15) is 32.6 Å². The van der Waals surface area contributed by atoms with Crippen LogP contribution in [0.15, 0.2) is 41.3 Å². The van der Waals surface area contributed by atoms with E-state index in [-0.39, 0.29) is 30.6 Å². The molecule has 238 valence electrons. The predicted octanol–water partition coefficient (Wildman–Crippen LogP) is 1.98. The third kappa shape index (κ3) is 8.78. The van der Waals surface area contributed by atoms with Gasteiger partial charge in [-0.1, -0.05) is 12.1 Å². The summed E-state index contributed by atoms with van der Waals surface area (Å²) in [6.45, 7) is 3.71. The van der Waals surface area contributed by atoms with E-state index in [4.69, 9.17) is 28.6 Å². The molecular weight excluding hydrogens is 601 g/mol. The molecule has 1 aliphatic heterocycles. The summed E-state index contributed by atoms with van der Waals surface area (Å²) in [5.74, 6) is -4.63. The van der Waals surface area contributed by atoms with Gasteiger partial charge in [-0.15, -0.1) is 0 Å². The van der Waals surface area contributed by atoms with Crippen molar-refractivity contribution in [3.63, 3.8) is 0 Å². The number of amides is 1. The van der Waals surface area contributed by atoms with Crippen LogP contribution in [-0.4, -0.2) is 82.2 Å². The van der Waals surface area contributed by atoms with Crippen molar-refractivity contribution in [1.82, 2.24) is 14.6 Å². The number of rotatable bonds is 13. The van der Waals surface area contributed by atoms with Gasteiger partial charge in [-0.2, -0.15) is 13.8 Å². The normalized spacial score (nSPS) is 21.6. The Morgan fingerprint density at radius 3 is 2.44 bits per heavy atom. The van der Waals surface area contributed by atoms with E-state index in [0.717, 1.165) is 12.3 Å². The van der Waals surface area contributed by atoms with E-state index in [1.165, 1.54) is 38.3 Å². The van der Waals surface area contributed by atoms with E-state index >= 15 is 0 Å². The first-order valence-electron chi connectivity index (χ1n) is 12.9. The van der Waals surface area contributed by atoms with Crippen LogP contribution in [-0.2, 0) is 34.9 Å². The third-order valence-electron chi connectivity index (χ3n) is 5.81. The van der Waals surface area contributed by atoms with Crippen molar-refractivity contribution in [2.24, 2.45) is 0 Å². The van der Waals surface area contributed by atoms with Crippen molar-refractivity contribution in [1.29, 1.82) is 0 Å². The Morgan fingerprint density at radius 2 is 1.88 bits per heavy atom. The summed E-state index contributed by atoms with van der Waals surface area (Å²) in [5.41, 5.74) is -0.720. The number of halogens is 2. The van der Waals surface area contributed by atoms with Gasteiger partial charge in [-0.3, -0.25) is 19.2 Å². The first-order valence-corrected chi connectivity index (χ1v) is 14.7. The number of benzene rings is 1. The minimum atomic E-state index is -3.88. The second-order valence-electron chi connectivity index (χ2n) is 9.70. The van der Waals surface area contributed by atoms with Crippen molar-refractivity contribution < 1.29 is 56.6 Å². The van der Waals surface area contributed by atoms with Crippen LogP contribution in [0.25, 0.3) is 0 Å². The van der Waals surface area contributed by atoms with Crippen molar-refractivity contribution in [3.05, 3.63) is 52.6 Å². The molecule has 1 saturated heterocycles. The number of nitrogens with zero attached hydrogens (tertiary/aromatic N) is 2. The van der Waals surface area contributed by atoms with E-state index in [0.29, 0.717) is 10.1 Å². The zero-order valence-electron chi connectivity index (χ0n) is 23.6. The van der Waals surface area contributed by atoms with Crippen molar-refractivity contribution >= 4 is 25.4 Å². The zero-order chi connectivity index (χ0) is 31.9. The molecule has 0 bridgehead atoms. The highest BCUT2D eigenvalue weighted by atomic mass is 31.2. The lowest BCUT2D eigenvalue weighted by Gasteiger charge is -2.23. The van der Waals surface area contributed by atoms with E-state index in [1.54, 1.807) is 13.8 Å². The van der Waals surface area contributed by atoms with E-state index in [9.17, 15) is 32.8 Å². The number of aliphatic hydroxyl groups excluding tert-OH is 2. The Morgan fingerprint density at radius 1 is 1.21 bits per heavy atom. The first kappa shape index (κ1) is 34.0. The molecule has 0 spiro atoms. The van der Waals surface area contributed by atoms with Crippen molar-refractivity contribution in [3.8, 4) is 5.75 Å². The van der Waals surface area contributed by atoms with Gasteiger partial charge in [0.2, 0.25) is 6.23 Å². The number of esters is 1. The number of nitrogens with one attached hydrogen (secondary N) is 2. The molecule has 18 heteroatoms. The van der Waals surface area contributed by atoms with Crippen LogP contribution in [0, 0.1) is 0 Å². The quantitative estimate of drug-likeness (QED) is 0.185. The Bertz CT molecular complexity index is 1380. The summed E-state index contributed by atoms with van der Waals surface area (Å²) in [6, 6.07) is 6.05. The lowest BCUT2D eigenvalue weighted by atomic mass is 10.1. The zero-order valence-corrected chi connectivity index (χ0v) is 24.5.